The predicted molar refractivity (Wildman–Crippen MR) is 111 cm³/mol. The van der Waals surface area contributed by atoms with Crippen LogP contribution in [0.25, 0.3) is 0 Å². The van der Waals surface area contributed by atoms with Crippen LogP contribution >= 0.6 is 0 Å². The van der Waals surface area contributed by atoms with Crippen LogP contribution in [0.4, 0.5) is 0 Å². The maximum atomic E-state index is 4.87. The van der Waals surface area contributed by atoms with E-state index >= 15 is 0 Å². The molecule has 5 nitrogen and oxygen atoms in total. The molecule has 5 rings (SSSR count). The smallest absolute Gasteiger partial charge is 0.244 e. The zero-order valence-corrected chi connectivity index (χ0v) is 17.3. The molecule has 8 bridgehead atoms. The zero-order chi connectivity index (χ0) is 20.0. The molecule has 5 heteroatoms. The van der Waals surface area contributed by atoms with Crippen LogP contribution in [0.15, 0.2) is 61.7 Å². The SMILES string of the molecule is Cc1cc(C)c2c(C)c1C[n+]1ccn(c1)Cc1cccc(n1)Cn1cc[n+](c1)C2. The van der Waals surface area contributed by atoms with Crippen molar-refractivity contribution in [1.82, 2.24) is 14.1 Å². The summed E-state index contributed by atoms with van der Waals surface area (Å²) in [6, 6.07) is 8.65. The molecule has 0 saturated heterocycles. The highest BCUT2D eigenvalue weighted by Crippen LogP contribution is 2.22. The molecule has 0 aliphatic carbocycles. The number of aryl methyl sites for hydroxylation is 2. The Balaban J connectivity index is 1.64. The van der Waals surface area contributed by atoms with Crippen molar-refractivity contribution in [2.24, 2.45) is 0 Å². The minimum Gasteiger partial charge on any atom is -0.250 e. The Kier molecular flexibility index (Phi) is 4.31. The molecule has 3 aromatic heterocycles. The summed E-state index contributed by atoms with van der Waals surface area (Å²) in [7, 11) is 0. The summed E-state index contributed by atoms with van der Waals surface area (Å²) in [5, 5.41) is 0. The summed E-state index contributed by atoms with van der Waals surface area (Å²) in [6.07, 6.45) is 13.0. The van der Waals surface area contributed by atoms with Gasteiger partial charge in [-0.15, -0.1) is 0 Å². The number of aromatic nitrogens is 5. The number of fused-ring (bicyclic) bond motifs is 8. The van der Waals surface area contributed by atoms with Crippen LogP contribution in [0.3, 0.4) is 0 Å². The van der Waals surface area contributed by atoms with E-state index in [2.05, 4.69) is 101 Å². The Morgan fingerprint density at radius 1 is 0.793 bits per heavy atom. The molecule has 0 atom stereocenters. The number of nitrogens with zero attached hydrogens (tertiary/aromatic N) is 5. The van der Waals surface area contributed by atoms with E-state index in [0.717, 1.165) is 37.6 Å². The first-order valence-electron chi connectivity index (χ1n) is 10.2. The van der Waals surface area contributed by atoms with Crippen LogP contribution < -0.4 is 9.13 Å². The van der Waals surface area contributed by atoms with Gasteiger partial charge in [-0.2, -0.15) is 0 Å². The van der Waals surface area contributed by atoms with Crippen LogP contribution in [-0.4, -0.2) is 14.1 Å². The van der Waals surface area contributed by atoms with Crippen molar-refractivity contribution in [3.05, 3.63) is 101 Å². The summed E-state index contributed by atoms with van der Waals surface area (Å²) < 4.78 is 8.96. The average molecular weight is 386 g/mol. The molecular formula is C24H27N5+2. The third-order valence-electron chi connectivity index (χ3n) is 6.02. The molecule has 1 aliphatic heterocycles. The maximum Gasteiger partial charge on any atom is 0.244 e. The second-order valence-corrected chi connectivity index (χ2v) is 8.23. The Hall–Kier alpha value is -3.21. The fourth-order valence-electron chi connectivity index (χ4n) is 4.46. The monoisotopic (exact) mass is 385 g/mol. The number of rotatable bonds is 0. The van der Waals surface area contributed by atoms with E-state index in [1.807, 2.05) is 0 Å². The second-order valence-electron chi connectivity index (χ2n) is 8.23. The highest BCUT2D eigenvalue weighted by molar-refractivity contribution is 5.44. The van der Waals surface area contributed by atoms with E-state index in [1.165, 1.54) is 27.8 Å². The van der Waals surface area contributed by atoms with Gasteiger partial charge < -0.3 is 0 Å². The summed E-state index contributed by atoms with van der Waals surface area (Å²) >= 11 is 0. The van der Waals surface area contributed by atoms with Crippen molar-refractivity contribution in [1.29, 1.82) is 0 Å². The molecule has 146 valence electrons. The van der Waals surface area contributed by atoms with Gasteiger partial charge in [-0.25, -0.2) is 23.3 Å². The summed E-state index contributed by atoms with van der Waals surface area (Å²) in [5.41, 5.74) is 9.14. The van der Waals surface area contributed by atoms with Gasteiger partial charge in [0.05, 0.1) is 11.4 Å². The van der Waals surface area contributed by atoms with E-state index in [0.29, 0.717) is 0 Å². The molecule has 0 unspecified atom stereocenters. The van der Waals surface area contributed by atoms with Crippen LogP contribution in [0.1, 0.15) is 39.2 Å². The molecule has 0 radical (unpaired) electrons. The number of hydrogen-bond donors (Lipinski definition) is 0. The maximum absolute atomic E-state index is 4.87. The van der Waals surface area contributed by atoms with Crippen molar-refractivity contribution in [3.63, 3.8) is 0 Å². The summed E-state index contributed by atoms with van der Waals surface area (Å²) in [6.45, 7) is 10.1. The van der Waals surface area contributed by atoms with E-state index in [-0.39, 0.29) is 0 Å². The molecule has 0 saturated carbocycles. The van der Waals surface area contributed by atoms with Gasteiger partial charge in [-0.1, -0.05) is 12.1 Å². The Morgan fingerprint density at radius 3 is 1.83 bits per heavy atom. The van der Waals surface area contributed by atoms with E-state index in [4.69, 9.17) is 4.98 Å². The van der Waals surface area contributed by atoms with Gasteiger partial charge in [0, 0.05) is 0 Å². The number of hydrogen-bond acceptors (Lipinski definition) is 1. The lowest BCUT2D eigenvalue weighted by Crippen LogP contribution is -2.35. The normalized spacial score (nSPS) is 13.5. The largest absolute Gasteiger partial charge is 0.250 e. The van der Waals surface area contributed by atoms with Crippen molar-refractivity contribution in [3.8, 4) is 0 Å². The highest BCUT2D eigenvalue weighted by atomic mass is 15.1. The topological polar surface area (TPSA) is 30.5 Å². The van der Waals surface area contributed by atoms with Gasteiger partial charge in [0.2, 0.25) is 12.7 Å². The van der Waals surface area contributed by atoms with Crippen LogP contribution in [0.5, 0.6) is 0 Å². The van der Waals surface area contributed by atoms with Crippen LogP contribution in [0.2, 0.25) is 0 Å². The lowest BCUT2D eigenvalue weighted by Gasteiger charge is -2.15. The number of imidazole rings is 2. The zero-order valence-electron chi connectivity index (χ0n) is 17.3. The van der Waals surface area contributed by atoms with Crippen molar-refractivity contribution in [2.45, 2.75) is 47.0 Å². The second kappa shape index (κ2) is 6.99. The van der Waals surface area contributed by atoms with E-state index < -0.39 is 0 Å². The minimum atomic E-state index is 0.781. The molecule has 0 fully saturated rings. The summed E-state index contributed by atoms with van der Waals surface area (Å²) in [5.74, 6) is 0. The Labute approximate surface area is 171 Å². The number of benzene rings is 1. The molecular weight excluding hydrogens is 358 g/mol. The van der Waals surface area contributed by atoms with E-state index in [1.54, 1.807) is 0 Å². The van der Waals surface area contributed by atoms with E-state index in [9.17, 15) is 0 Å². The average Bonchev–Trinajstić information content (AvgIpc) is 3.31. The van der Waals surface area contributed by atoms with Gasteiger partial charge in [0.25, 0.3) is 0 Å². The molecule has 4 heterocycles. The van der Waals surface area contributed by atoms with Crippen LogP contribution in [0, 0.1) is 20.8 Å². The van der Waals surface area contributed by atoms with Gasteiger partial charge in [0.1, 0.15) is 51.0 Å². The third-order valence-corrected chi connectivity index (χ3v) is 6.02. The molecule has 0 N–H and O–H groups in total. The quantitative estimate of drug-likeness (QED) is 0.377. The molecule has 0 amide bonds. The molecule has 0 spiro atoms. The minimum absolute atomic E-state index is 0.781. The predicted octanol–water partition coefficient (Wildman–Crippen LogP) is 2.69. The first kappa shape index (κ1) is 17.9. The Morgan fingerprint density at radius 2 is 1.31 bits per heavy atom. The van der Waals surface area contributed by atoms with Gasteiger partial charge >= 0.3 is 0 Å². The Bertz CT molecular complexity index is 1110. The first-order chi connectivity index (χ1) is 14.0. The molecule has 29 heavy (non-hydrogen) atoms. The van der Waals surface area contributed by atoms with Gasteiger partial charge in [0.15, 0.2) is 0 Å². The standard InChI is InChI=1S/C24H27N5/c1-18-11-19(2)24-15-29-10-8-27(17-29)13-22-6-4-5-21(25-22)12-26-7-9-28(16-26)14-23(18)20(24)3/h4-11,16-17H,12-15H2,1-3H3/q+2. The van der Waals surface area contributed by atoms with Gasteiger partial charge in [-0.05, 0) is 60.7 Å². The van der Waals surface area contributed by atoms with Crippen molar-refractivity contribution in [2.75, 3.05) is 0 Å². The fourth-order valence-corrected chi connectivity index (χ4v) is 4.46. The number of pyridine rings is 1. The third kappa shape index (κ3) is 3.48. The lowest BCUT2D eigenvalue weighted by atomic mass is 9.93. The molecule has 1 aliphatic rings. The first-order valence-corrected chi connectivity index (χ1v) is 10.2. The summed E-state index contributed by atoms with van der Waals surface area (Å²) in [4.78, 5) is 4.87. The molecule has 4 aromatic rings. The van der Waals surface area contributed by atoms with Crippen LogP contribution in [-0.2, 0) is 26.2 Å². The van der Waals surface area contributed by atoms with Gasteiger partial charge in [-0.3, -0.25) is 0 Å². The lowest BCUT2D eigenvalue weighted by molar-refractivity contribution is -0.689. The van der Waals surface area contributed by atoms with Crippen molar-refractivity contribution >= 4 is 0 Å². The molecule has 1 aromatic carbocycles. The highest BCUT2D eigenvalue weighted by Gasteiger charge is 2.17. The van der Waals surface area contributed by atoms with Crippen molar-refractivity contribution < 1.29 is 9.13 Å². The fraction of sp³-hybridized carbons (Fsp3) is 0.292.